The van der Waals surface area contributed by atoms with Gasteiger partial charge in [0.05, 0.1) is 0 Å². The fraction of sp³-hybridized carbons (Fsp3) is 0. The van der Waals surface area contributed by atoms with Gasteiger partial charge in [0.15, 0.2) is 0 Å². The van der Waals surface area contributed by atoms with Gasteiger partial charge >= 0.3 is 0 Å². The van der Waals surface area contributed by atoms with Crippen molar-refractivity contribution >= 4 is 71.3 Å². The molecule has 0 amide bonds. The van der Waals surface area contributed by atoms with Crippen LogP contribution in [0.25, 0.3) is 76.5 Å². The number of para-hydroxylation sites is 1. The molecule has 2 nitrogen and oxygen atoms in total. The summed E-state index contributed by atoms with van der Waals surface area (Å²) in [7, 11) is 0. The first-order valence-corrected chi connectivity index (χ1v) is 17.1. The zero-order chi connectivity index (χ0) is 33.0. The quantitative estimate of drug-likeness (QED) is 0.175. The van der Waals surface area contributed by atoms with Gasteiger partial charge in [0.2, 0.25) is 0 Å². The molecule has 50 heavy (non-hydrogen) atoms. The Morgan fingerprint density at radius 3 is 1.34 bits per heavy atom. The minimum absolute atomic E-state index is 0.910. The van der Waals surface area contributed by atoms with Crippen LogP contribution in [-0.4, -0.2) is 0 Å². The second-order valence-corrected chi connectivity index (χ2v) is 12.9. The van der Waals surface area contributed by atoms with E-state index >= 15 is 0 Å². The summed E-state index contributed by atoms with van der Waals surface area (Å²) in [6.07, 6.45) is 0. The van der Waals surface area contributed by atoms with Gasteiger partial charge in [-0.1, -0.05) is 133 Å². The lowest BCUT2D eigenvalue weighted by Crippen LogP contribution is -2.10. The molecule has 234 valence electrons. The molecule has 1 heterocycles. The van der Waals surface area contributed by atoms with Crippen molar-refractivity contribution < 1.29 is 4.42 Å². The van der Waals surface area contributed by atoms with Crippen molar-refractivity contribution in [2.75, 3.05) is 4.90 Å². The average molecular weight is 638 g/mol. The summed E-state index contributed by atoms with van der Waals surface area (Å²) in [5.41, 5.74) is 9.88. The second-order valence-electron chi connectivity index (χ2n) is 12.9. The number of hydrogen-bond donors (Lipinski definition) is 0. The molecule has 0 aliphatic carbocycles. The van der Waals surface area contributed by atoms with Crippen molar-refractivity contribution in [2.45, 2.75) is 0 Å². The van der Waals surface area contributed by atoms with E-state index in [0.29, 0.717) is 0 Å². The summed E-state index contributed by atoms with van der Waals surface area (Å²) in [4.78, 5) is 2.37. The SMILES string of the molecule is c1ccc(-c2ccc(N(c3ccc(-c4ccc5oc6ccccc6c5c4)cc3)c3ccc4c5ccccc5c5ccccc5c4c3)cc2)cc1. The van der Waals surface area contributed by atoms with Crippen molar-refractivity contribution in [1.29, 1.82) is 0 Å². The minimum Gasteiger partial charge on any atom is -0.456 e. The van der Waals surface area contributed by atoms with Crippen LogP contribution in [0.3, 0.4) is 0 Å². The van der Waals surface area contributed by atoms with Gasteiger partial charge in [-0.2, -0.15) is 0 Å². The van der Waals surface area contributed by atoms with Crippen LogP contribution in [0.5, 0.6) is 0 Å². The molecule has 0 aliphatic rings. The molecule has 0 fully saturated rings. The molecular formula is C48H31NO. The van der Waals surface area contributed by atoms with Crippen LogP contribution in [0.15, 0.2) is 192 Å². The second kappa shape index (κ2) is 11.5. The van der Waals surface area contributed by atoms with Gasteiger partial charge in [0.1, 0.15) is 11.2 Å². The maximum atomic E-state index is 6.10. The smallest absolute Gasteiger partial charge is 0.135 e. The lowest BCUT2D eigenvalue weighted by molar-refractivity contribution is 0.669. The van der Waals surface area contributed by atoms with Crippen molar-refractivity contribution in [3.63, 3.8) is 0 Å². The Bertz CT molecular complexity index is 2810. The van der Waals surface area contributed by atoms with Crippen molar-refractivity contribution in [1.82, 2.24) is 0 Å². The summed E-state index contributed by atoms with van der Waals surface area (Å²) in [6, 6.07) is 67.6. The van der Waals surface area contributed by atoms with Crippen molar-refractivity contribution in [2.24, 2.45) is 0 Å². The Morgan fingerprint density at radius 2 is 0.700 bits per heavy atom. The summed E-state index contributed by atoms with van der Waals surface area (Å²) in [6.45, 7) is 0. The van der Waals surface area contributed by atoms with Crippen LogP contribution < -0.4 is 4.90 Å². The highest BCUT2D eigenvalue weighted by molar-refractivity contribution is 6.25. The van der Waals surface area contributed by atoms with Gasteiger partial charge in [0.25, 0.3) is 0 Å². The summed E-state index contributed by atoms with van der Waals surface area (Å²) in [5, 5.41) is 9.89. The largest absolute Gasteiger partial charge is 0.456 e. The van der Waals surface area contributed by atoms with E-state index in [1.54, 1.807) is 0 Å². The maximum Gasteiger partial charge on any atom is 0.135 e. The molecule has 9 aromatic carbocycles. The van der Waals surface area contributed by atoms with Gasteiger partial charge in [-0.3, -0.25) is 0 Å². The van der Waals surface area contributed by atoms with E-state index in [2.05, 4.69) is 181 Å². The molecule has 0 saturated carbocycles. The monoisotopic (exact) mass is 637 g/mol. The van der Waals surface area contributed by atoms with Crippen LogP contribution in [0.4, 0.5) is 17.1 Å². The molecule has 1 aromatic heterocycles. The predicted molar refractivity (Wildman–Crippen MR) is 212 cm³/mol. The van der Waals surface area contributed by atoms with E-state index in [1.807, 2.05) is 12.1 Å². The summed E-state index contributed by atoms with van der Waals surface area (Å²) in [5.74, 6) is 0. The fourth-order valence-corrected chi connectivity index (χ4v) is 7.62. The van der Waals surface area contributed by atoms with Gasteiger partial charge in [0, 0.05) is 27.8 Å². The van der Waals surface area contributed by atoms with Gasteiger partial charge in [-0.15, -0.1) is 0 Å². The molecule has 0 radical (unpaired) electrons. The van der Waals surface area contributed by atoms with Crippen molar-refractivity contribution in [3.8, 4) is 22.3 Å². The van der Waals surface area contributed by atoms with Gasteiger partial charge < -0.3 is 9.32 Å². The van der Waals surface area contributed by atoms with E-state index < -0.39 is 0 Å². The Balaban J connectivity index is 1.12. The van der Waals surface area contributed by atoms with Crippen LogP contribution in [0.1, 0.15) is 0 Å². The predicted octanol–water partition coefficient (Wildman–Crippen LogP) is 13.8. The van der Waals surface area contributed by atoms with E-state index in [-0.39, 0.29) is 0 Å². The Hall–Kier alpha value is -6.64. The molecule has 2 heteroatoms. The number of hydrogen-bond acceptors (Lipinski definition) is 2. The molecule has 0 saturated heterocycles. The molecule has 0 N–H and O–H groups in total. The third kappa shape index (κ3) is 4.65. The number of furan rings is 1. The highest BCUT2D eigenvalue weighted by Crippen LogP contribution is 2.42. The first kappa shape index (κ1) is 28.4. The molecule has 0 unspecified atom stereocenters. The van der Waals surface area contributed by atoms with Crippen LogP contribution in [0.2, 0.25) is 0 Å². The summed E-state index contributed by atoms with van der Waals surface area (Å²) >= 11 is 0. The first-order chi connectivity index (χ1) is 24.8. The number of benzene rings is 9. The maximum absolute atomic E-state index is 6.10. The van der Waals surface area contributed by atoms with Crippen LogP contribution in [-0.2, 0) is 0 Å². The lowest BCUT2D eigenvalue weighted by Gasteiger charge is -2.26. The highest BCUT2D eigenvalue weighted by Gasteiger charge is 2.17. The Labute approximate surface area is 290 Å². The number of anilines is 3. The topological polar surface area (TPSA) is 16.4 Å². The lowest BCUT2D eigenvalue weighted by atomic mass is 9.94. The standard InChI is InChI=1S/C48H31NO/c1-2-10-32(11-3-1)33-18-23-36(24-19-33)49(38-27-28-43-41-14-5-4-12-39(41)40-13-6-7-15-42(40)45(43)31-38)37-25-20-34(21-26-37)35-22-29-48-46(30-35)44-16-8-9-17-47(44)50-48/h1-31H. The number of nitrogens with zero attached hydrogens (tertiary/aromatic N) is 1. The molecular weight excluding hydrogens is 607 g/mol. The third-order valence-corrected chi connectivity index (χ3v) is 10.1. The zero-order valence-electron chi connectivity index (χ0n) is 27.3. The molecule has 0 aliphatic heterocycles. The fourth-order valence-electron chi connectivity index (χ4n) is 7.62. The van der Waals surface area contributed by atoms with Gasteiger partial charge in [-0.05, 0) is 109 Å². The molecule has 0 bridgehead atoms. The van der Waals surface area contributed by atoms with Gasteiger partial charge in [-0.25, -0.2) is 0 Å². The Kier molecular flexibility index (Phi) is 6.53. The average Bonchev–Trinajstić information content (AvgIpc) is 3.57. The molecule has 0 spiro atoms. The van der Waals surface area contributed by atoms with Crippen LogP contribution >= 0.6 is 0 Å². The first-order valence-electron chi connectivity index (χ1n) is 17.1. The van der Waals surface area contributed by atoms with E-state index in [4.69, 9.17) is 4.42 Å². The molecule has 0 atom stereocenters. The number of fused-ring (bicyclic) bond motifs is 9. The normalized spacial score (nSPS) is 11.6. The Morgan fingerprint density at radius 1 is 0.260 bits per heavy atom. The highest BCUT2D eigenvalue weighted by atomic mass is 16.3. The molecule has 10 aromatic rings. The minimum atomic E-state index is 0.910. The third-order valence-electron chi connectivity index (χ3n) is 10.1. The van der Waals surface area contributed by atoms with Crippen LogP contribution in [0, 0.1) is 0 Å². The van der Waals surface area contributed by atoms with E-state index in [0.717, 1.165) is 44.6 Å². The van der Waals surface area contributed by atoms with Crippen molar-refractivity contribution in [3.05, 3.63) is 188 Å². The zero-order valence-corrected chi connectivity index (χ0v) is 27.3. The van der Waals surface area contributed by atoms with E-state index in [1.165, 1.54) is 49.0 Å². The van der Waals surface area contributed by atoms with E-state index in [9.17, 15) is 0 Å². The number of rotatable bonds is 5. The molecule has 10 rings (SSSR count). The summed E-state index contributed by atoms with van der Waals surface area (Å²) < 4.78 is 6.10.